The average Bonchev–Trinajstić information content (AvgIpc) is 3.08. The summed E-state index contributed by atoms with van der Waals surface area (Å²) in [6, 6.07) is 16.0. The SMILES string of the molecule is Cc1ccnn1-c1ccc(C(=O)Nc2ccc(C(=O)NC(C)C)cc2)cc1. The van der Waals surface area contributed by atoms with Crippen LogP contribution in [0.5, 0.6) is 0 Å². The van der Waals surface area contributed by atoms with Gasteiger partial charge in [-0.2, -0.15) is 5.10 Å². The Balaban J connectivity index is 1.66. The van der Waals surface area contributed by atoms with Crippen LogP contribution in [0.25, 0.3) is 5.69 Å². The van der Waals surface area contributed by atoms with Crippen LogP contribution in [0.3, 0.4) is 0 Å². The third kappa shape index (κ3) is 4.41. The highest BCUT2D eigenvalue weighted by Crippen LogP contribution is 2.14. The van der Waals surface area contributed by atoms with Crippen molar-refractivity contribution in [2.24, 2.45) is 0 Å². The van der Waals surface area contributed by atoms with E-state index < -0.39 is 0 Å². The van der Waals surface area contributed by atoms with Gasteiger partial charge >= 0.3 is 0 Å². The molecule has 6 heteroatoms. The number of benzene rings is 2. The summed E-state index contributed by atoms with van der Waals surface area (Å²) in [5.41, 5.74) is 3.65. The number of rotatable bonds is 5. The summed E-state index contributed by atoms with van der Waals surface area (Å²) in [5, 5.41) is 9.92. The number of hydrogen-bond acceptors (Lipinski definition) is 3. The maximum Gasteiger partial charge on any atom is 0.255 e. The van der Waals surface area contributed by atoms with E-state index in [1.165, 1.54) is 0 Å². The van der Waals surface area contributed by atoms with Gasteiger partial charge in [0.2, 0.25) is 0 Å². The van der Waals surface area contributed by atoms with Gasteiger partial charge in [0.15, 0.2) is 0 Å². The van der Waals surface area contributed by atoms with E-state index in [9.17, 15) is 9.59 Å². The molecule has 1 heterocycles. The number of amides is 2. The molecule has 138 valence electrons. The van der Waals surface area contributed by atoms with E-state index in [2.05, 4.69) is 15.7 Å². The molecule has 0 bridgehead atoms. The largest absolute Gasteiger partial charge is 0.350 e. The first-order chi connectivity index (χ1) is 12.9. The topological polar surface area (TPSA) is 76.0 Å². The van der Waals surface area contributed by atoms with Gasteiger partial charge in [-0.05, 0) is 75.4 Å². The van der Waals surface area contributed by atoms with Gasteiger partial charge in [0, 0.05) is 34.7 Å². The quantitative estimate of drug-likeness (QED) is 0.728. The van der Waals surface area contributed by atoms with Gasteiger partial charge in [-0.3, -0.25) is 9.59 Å². The zero-order valence-corrected chi connectivity index (χ0v) is 15.6. The molecular formula is C21H22N4O2. The van der Waals surface area contributed by atoms with Crippen molar-refractivity contribution >= 4 is 17.5 Å². The fourth-order valence-electron chi connectivity index (χ4n) is 2.65. The number of aromatic nitrogens is 2. The van der Waals surface area contributed by atoms with E-state index in [0.29, 0.717) is 16.8 Å². The van der Waals surface area contributed by atoms with Crippen molar-refractivity contribution in [3.8, 4) is 5.69 Å². The molecule has 0 unspecified atom stereocenters. The van der Waals surface area contributed by atoms with Crippen molar-refractivity contribution in [3.63, 3.8) is 0 Å². The van der Waals surface area contributed by atoms with E-state index in [1.807, 2.05) is 43.7 Å². The van der Waals surface area contributed by atoms with Crippen molar-refractivity contribution in [1.29, 1.82) is 0 Å². The Morgan fingerprint density at radius 1 is 0.889 bits per heavy atom. The Hall–Kier alpha value is -3.41. The molecule has 0 radical (unpaired) electrons. The maximum atomic E-state index is 12.4. The summed E-state index contributed by atoms with van der Waals surface area (Å²) < 4.78 is 1.81. The lowest BCUT2D eigenvalue weighted by Gasteiger charge is -2.10. The van der Waals surface area contributed by atoms with Gasteiger partial charge in [0.05, 0.1) is 5.69 Å². The first kappa shape index (κ1) is 18.4. The van der Waals surface area contributed by atoms with Gasteiger partial charge in [0.25, 0.3) is 11.8 Å². The van der Waals surface area contributed by atoms with Gasteiger partial charge in [-0.1, -0.05) is 0 Å². The summed E-state index contributed by atoms with van der Waals surface area (Å²) in [6.45, 7) is 5.79. The van der Waals surface area contributed by atoms with Crippen LogP contribution in [-0.2, 0) is 0 Å². The molecule has 2 aromatic carbocycles. The van der Waals surface area contributed by atoms with E-state index in [1.54, 1.807) is 42.6 Å². The number of hydrogen-bond donors (Lipinski definition) is 2. The molecule has 0 aliphatic rings. The van der Waals surface area contributed by atoms with Crippen LogP contribution in [0.4, 0.5) is 5.69 Å². The van der Waals surface area contributed by atoms with Crippen LogP contribution >= 0.6 is 0 Å². The fraction of sp³-hybridized carbons (Fsp3) is 0.190. The predicted octanol–water partition coefficient (Wildman–Crippen LogP) is 3.57. The number of nitrogens with one attached hydrogen (secondary N) is 2. The van der Waals surface area contributed by atoms with Gasteiger partial charge in [-0.25, -0.2) is 4.68 Å². The molecule has 3 rings (SSSR count). The highest BCUT2D eigenvalue weighted by Gasteiger charge is 2.10. The summed E-state index contributed by atoms with van der Waals surface area (Å²) in [4.78, 5) is 24.4. The zero-order chi connectivity index (χ0) is 19.4. The molecule has 0 aliphatic carbocycles. The third-order valence-electron chi connectivity index (χ3n) is 4.03. The minimum atomic E-state index is -0.210. The van der Waals surface area contributed by atoms with E-state index >= 15 is 0 Å². The minimum absolute atomic E-state index is 0.0744. The first-order valence-electron chi connectivity index (χ1n) is 8.77. The van der Waals surface area contributed by atoms with Gasteiger partial charge < -0.3 is 10.6 Å². The zero-order valence-electron chi connectivity index (χ0n) is 15.6. The highest BCUT2D eigenvalue weighted by molar-refractivity contribution is 6.04. The van der Waals surface area contributed by atoms with Crippen LogP contribution in [-0.4, -0.2) is 27.6 Å². The van der Waals surface area contributed by atoms with Crippen LogP contribution in [0, 0.1) is 6.92 Å². The number of anilines is 1. The minimum Gasteiger partial charge on any atom is -0.350 e. The number of carbonyl (C=O) groups is 2. The number of carbonyl (C=O) groups excluding carboxylic acids is 2. The normalized spacial score (nSPS) is 10.7. The van der Waals surface area contributed by atoms with Gasteiger partial charge in [-0.15, -0.1) is 0 Å². The smallest absolute Gasteiger partial charge is 0.255 e. The Labute approximate surface area is 158 Å². The first-order valence-corrected chi connectivity index (χ1v) is 8.77. The summed E-state index contributed by atoms with van der Waals surface area (Å²) in [7, 11) is 0. The fourth-order valence-corrected chi connectivity index (χ4v) is 2.65. The molecule has 0 fully saturated rings. The molecule has 0 spiro atoms. The van der Waals surface area contributed by atoms with Crippen LogP contribution in [0.2, 0.25) is 0 Å². The monoisotopic (exact) mass is 362 g/mol. The lowest BCUT2D eigenvalue weighted by molar-refractivity contribution is 0.0942. The lowest BCUT2D eigenvalue weighted by Crippen LogP contribution is -2.30. The highest BCUT2D eigenvalue weighted by atomic mass is 16.2. The third-order valence-corrected chi connectivity index (χ3v) is 4.03. The molecule has 2 amide bonds. The Morgan fingerprint density at radius 3 is 2.04 bits per heavy atom. The van der Waals surface area contributed by atoms with Crippen LogP contribution in [0.1, 0.15) is 40.3 Å². The van der Waals surface area contributed by atoms with E-state index in [-0.39, 0.29) is 17.9 Å². The Kier molecular flexibility index (Phi) is 5.35. The Morgan fingerprint density at radius 2 is 1.48 bits per heavy atom. The molecule has 0 atom stereocenters. The Bertz CT molecular complexity index is 941. The molecule has 0 aliphatic heterocycles. The molecule has 0 saturated heterocycles. The van der Waals surface area contributed by atoms with Crippen molar-refractivity contribution in [3.05, 3.63) is 77.6 Å². The molecule has 0 saturated carbocycles. The van der Waals surface area contributed by atoms with Crippen molar-refractivity contribution < 1.29 is 9.59 Å². The molecular weight excluding hydrogens is 340 g/mol. The second-order valence-corrected chi connectivity index (χ2v) is 6.59. The van der Waals surface area contributed by atoms with Gasteiger partial charge in [0.1, 0.15) is 0 Å². The summed E-state index contributed by atoms with van der Waals surface area (Å²) >= 11 is 0. The van der Waals surface area contributed by atoms with Crippen LogP contribution < -0.4 is 10.6 Å². The molecule has 3 aromatic rings. The number of aryl methyl sites for hydroxylation is 1. The van der Waals surface area contributed by atoms with Crippen LogP contribution in [0.15, 0.2) is 60.8 Å². The van der Waals surface area contributed by atoms with Crippen molar-refractivity contribution in [2.75, 3.05) is 5.32 Å². The van der Waals surface area contributed by atoms with E-state index in [4.69, 9.17) is 0 Å². The predicted molar refractivity (Wildman–Crippen MR) is 105 cm³/mol. The lowest BCUT2D eigenvalue weighted by atomic mass is 10.1. The molecule has 27 heavy (non-hydrogen) atoms. The standard InChI is InChI=1S/C21H22N4O2/c1-14(2)23-20(26)16-4-8-18(9-5-16)24-21(27)17-6-10-19(11-7-17)25-15(3)12-13-22-25/h4-14H,1-3H3,(H,23,26)(H,24,27). The van der Waals surface area contributed by atoms with Crippen molar-refractivity contribution in [2.45, 2.75) is 26.8 Å². The summed E-state index contributed by atoms with van der Waals surface area (Å²) in [5.74, 6) is -0.342. The average molecular weight is 362 g/mol. The summed E-state index contributed by atoms with van der Waals surface area (Å²) in [6.07, 6.45) is 1.74. The van der Waals surface area contributed by atoms with Crippen molar-refractivity contribution in [1.82, 2.24) is 15.1 Å². The molecule has 6 nitrogen and oxygen atoms in total. The second kappa shape index (κ2) is 7.86. The number of nitrogens with zero attached hydrogens (tertiary/aromatic N) is 2. The van der Waals surface area contributed by atoms with E-state index in [0.717, 1.165) is 11.4 Å². The molecule has 1 aromatic heterocycles. The molecule has 2 N–H and O–H groups in total. The second-order valence-electron chi connectivity index (χ2n) is 6.59. The maximum absolute atomic E-state index is 12.4.